The van der Waals surface area contributed by atoms with E-state index in [1.165, 1.54) is 0 Å². The van der Waals surface area contributed by atoms with E-state index in [0.717, 1.165) is 12.0 Å². The van der Waals surface area contributed by atoms with Crippen LogP contribution in [0.4, 0.5) is 5.69 Å². The van der Waals surface area contributed by atoms with Crippen LogP contribution in [-0.4, -0.2) is 30.9 Å². The minimum Gasteiger partial charge on any atom is -0.465 e. The summed E-state index contributed by atoms with van der Waals surface area (Å²) in [5, 5.41) is 5.18. The number of hydrogen-bond acceptors (Lipinski definition) is 5. The SMILES string of the molecule is CCc1ccccc1NC(=O)CNC(=O)COC(=O)c1c(C)oc(C)c1C. The molecule has 7 nitrogen and oxygen atoms in total. The van der Waals surface area contributed by atoms with Gasteiger partial charge in [0.1, 0.15) is 17.1 Å². The molecule has 0 fully saturated rings. The minimum atomic E-state index is -0.627. The van der Waals surface area contributed by atoms with Gasteiger partial charge >= 0.3 is 5.97 Å². The van der Waals surface area contributed by atoms with Gasteiger partial charge in [0, 0.05) is 11.3 Å². The number of nitrogens with one attached hydrogen (secondary N) is 2. The molecule has 1 aromatic heterocycles. The number of hydrogen-bond donors (Lipinski definition) is 2. The predicted octanol–water partition coefficient (Wildman–Crippen LogP) is 2.68. The first kappa shape index (κ1) is 20.2. The number of aryl methyl sites for hydroxylation is 3. The molecular formula is C20H24N2O5. The molecule has 0 radical (unpaired) electrons. The Morgan fingerprint density at radius 2 is 1.74 bits per heavy atom. The molecule has 0 aliphatic heterocycles. The summed E-state index contributed by atoms with van der Waals surface area (Å²) in [4.78, 5) is 35.9. The molecule has 2 amide bonds. The zero-order valence-corrected chi connectivity index (χ0v) is 16.0. The number of para-hydroxylation sites is 1. The molecule has 0 saturated heterocycles. The van der Waals surface area contributed by atoms with Gasteiger partial charge in [0.05, 0.1) is 6.54 Å². The van der Waals surface area contributed by atoms with Gasteiger partial charge < -0.3 is 19.8 Å². The van der Waals surface area contributed by atoms with Crippen molar-refractivity contribution in [2.45, 2.75) is 34.1 Å². The van der Waals surface area contributed by atoms with Crippen molar-refractivity contribution in [1.29, 1.82) is 0 Å². The molecule has 27 heavy (non-hydrogen) atoms. The number of amides is 2. The molecule has 2 aromatic rings. The summed E-state index contributed by atoms with van der Waals surface area (Å²) in [6.07, 6.45) is 0.783. The zero-order valence-electron chi connectivity index (χ0n) is 16.0. The Labute approximate surface area is 158 Å². The number of ether oxygens (including phenoxy) is 1. The van der Waals surface area contributed by atoms with E-state index in [1.54, 1.807) is 26.8 Å². The Morgan fingerprint density at radius 3 is 2.37 bits per heavy atom. The van der Waals surface area contributed by atoms with Crippen molar-refractivity contribution in [1.82, 2.24) is 5.32 Å². The molecule has 7 heteroatoms. The number of esters is 1. The van der Waals surface area contributed by atoms with Crippen LogP contribution in [0.3, 0.4) is 0 Å². The molecule has 1 aromatic carbocycles. The van der Waals surface area contributed by atoms with Gasteiger partial charge in [0.25, 0.3) is 5.91 Å². The van der Waals surface area contributed by atoms with E-state index < -0.39 is 18.5 Å². The van der Waals surface area contributed by atoms with Crippen LogP contribution >= 0.6 is 0 Å². The molecule has 2 N–H and O–H groups in total. The zero-order chi connectivity index (χ0) is 20.0. The molecule has 0 spiro atoms. The van der Waals surface area contributed by atoms with Gasteiger partial charge in [-0.15, -0.1) is 0 Å². The third-order valence-corrected chi connectivity index (χ3v) is 4.22. The lowest BCUT2D eigenvalue weighted by Crippen LogP contribution is -2.35. The van der Waals surface area contributed by atoms with Crippen LogP contribution in [-0.2, 0) is 20.7 Å². The van der Waals surface area contributed by atoms with Crippen molar-refractivity contribution in [3.8, 4) is 0 Å². The fourth-order valence-electron chi connectivity index (χ4n) is 2.67. The maximum Gasteiger partial charge on any atom is 0.342 e. The minimum absolute atomic E-state index is 0.211. The summed E-state index contributed by atoms with van der Waals surface area (Å²) in [6.45, 7) is 6.47. The van der Waals surface area contributed by atoms with Crippen LogP contribution in [0.25, 0.3) is 0 Å². The van der Waals surface area contributed by atoms with Crippen molar-refractivity contribution >= 4 is 23.5 Å². The second-order valence-corrected chi connectivity index (χ2v) is 6.13. The summed E-state index contributed by atoms with van der Waals surface area (Å²) in [5.41, 5.74) is 2.74. The Balaban J connectivity index is 1.80. The van der Waals surface area contributed by atoms with E-state index in [2.05, 4.69) is 10.6 Å². The van der Waals surface area contributed by atoms with Crippen LogP contribution in [0.5, 0.6) is 0 Å². The number of rotatable bonds is 7. The van der Waals surface area contributed by atoms with E-state index in [4.69, 9.17) is 9.15 Å². The lowest BCUT2D eigenvalue weighted by atomic mass is 10.1. The highest BCUT2D eigenvalue weighted by atomic mass is 16.5. The molecule has 144 valence electrons. The van der Waals surface area contributed by atoms with Gasteiger partial charge in [-0.1, -0.05) is 25.1 Å². The highest BCUT2D eigenvalue weighted by Crippen LogP contribution is 2.21. The van der Waals surface area contributed by atoms with Crippen LogP contribution in [0.15, 0.2) is 28.7 Å². The Morgan fingerprint density at radius 1 is 1.04 bits per heavy atom. The molecule has 1 heterocycles. The predicted molar refractivity (Wildman–Crippen MR) is 101 cm³/mol. The normalized spacial score (nSPS) is 10.4. The summed E-state index contributed by atoms with van der Waals surface area (Å²) in [6, 6.07) is 7.46. The molecule has 0 bridgehead atoms. The molecule has 0 saturated carbocycles. The molecule has 0 aliphatic rings. The molecular weight excluding hydrogens is 348 g/mol. The topological polar surface area (TPSA) is 97.6 Å². The van der Waals surface area contributed by atoms with Gasteiger partial charge in [-0.05, 0) is 38.8 Å². The van der Waals surface area contributed by atoms with Gasteiger partial charge in [0.15, 0.2) is 6.61 Å². The van der Waals surface area contributed by atoms with Crippen molar-refractivity contribution in [3.05, 3.63) is 52.5 Å². The van der Waals surface area contributed by atoms with Crippen molar-refractivity contribution in [2.75, 3.05) is 18.5 Å². The second-order valence-electron chi connectivity index (χ2n) is 6.13. The van der Waals surface area contributed by atoms with E-state index >= 15 is 0 Å². The lowest BCUT2D eigenvalue weighted by Gasteiger charge is -2.10. The third kappa shape index (κ3) is 5.20. The summed E-state index contributed by atoms with van der Waals surface area (Å²) in [5.74, 6) is -0.457. The standard InChI is InChI=1S/C20H24N2O5/c1-5-15-8-6-7-9-16(15)22-17(23)10-21-18(24)11-26-20(25)19-12(2)13(3)27-14(19)4/h6-9H,5,10-11H2,1-4H3,(H,21,24)(H,22,23). The van der Waals surface area contributed by atoms with Crippen LogP contribution in [0.1, 0.15) is 39.9 Å². The average molecular weight is 372 g/mol. The Hall–Kier alpha value is -3.09. The molecule has 0 aliphatic carbocycles. The lowest BCUT2D eigenvalue weighted by molar-refractivity contribution is -0.126. The number of anilines is 1. The van der Waals surface area contributed by atoms with Crippen LogP contribution < -0.4 is 10.6 Å². The van der Waals surface area contributed by atoms with Crippen molar-refractivity contribution in [2.24, 2.45) is 0 Å². The van der Waals surface area contributed by atoms with E-state index in [9.17, 15) is 14.4 Å². The van der Waals surface area contributed by atoms with Gasteiger partial charge in [0.2, 0.25) is 5.91 Å². The Bertz CT molecular complexity index is 854. The number of carbonyl (C=O) groups is 3. The third-order valence-electron chi connectivity index (χ3n) is 4.22. The highest BCUT2D eigenvalue weighted by Gasteiger charge is 2.20. The summed E-state index contributed by atoms with van der Waals surface area (Å²) < 4.78 is 10.4. The first-order chi connectivity index (χ1) is 12.8. The van der Waals surface area contributed by atoms with E-state index in [0.29, 0.717) is 28.3 Å². The monoisotopic (exact) mass is 372 g/mol. The van der Waals surface area contributed by atoms with Gasteiger partial charge in [-0.25, -0.2) is 4.79 Å². The van der Waals surface area contributed by atoms with E-state index in [1.807, 2.05) is 25.1 Å². The van der Waals surface area contributed by atoms with Crippen LogP contribution in [0.2, 0.25) is 0 Å². The maximum absolute atomic E-state index is 12.1. The number of benzene rings is 1. The first-order valence-electron chi connectivity index (χ1n) is 8.71. The highest BCUT2D eigenvalue weighted by molar-refractivity contribution is 5.96. The van der Waals surface area contributed by atoms with Crippen molar-refractivity contribution < 1.29 is 23.5 Å². The maximum atomic E-state index is 12.1. The quantitative estimate of drug-likeness (QED) is 0.728. The summed E-state index contributed by atoms with van der Waals surface area (Å²) in [7, 11) is 0. The second kappa shape index (κ2) is 9.02. The smallest absolute Gasteiger partial charge is 0.342 e. The molecule has 2 rings (SSSR count). The number of carbonyl (C=O) groups excluding carboxylic acids is 3. The number of furan rings is 1. The van der Waals surface area contributed by atoms with E-state index in [-0.39, 0.29) is 12.5 Å². The molecule has 0 atom stereocenters. The fraction of sp³-hybridized carbons (Fsp3) is 0.350. The Kier molecular flexibility index (Phi) is 6.76. The van der Waals surface area contributed by atoms with Crippen LogP contribution in [0, 0.1) is 20.8 Å². The average Bonchev–Trinajstić information content (AvgIpc) is 2.90. The van der Waals surface area contributed by atoms with Gasteiger partial charge in [-0.2, -0.15) is 0 Å². The van der Waals surface area contributed by atoms with Crippen molar-refractivity contribution in [3.63, 3.8) is 0 Å². The fourth-order valence-corrected chi connectivity index (χ4v) is 2.67. The first-order valence-corrected chi connectivity index (χ1v) is 8.71. The molecule has 0 unspecified atom stereocenters. The largest absolute Gasteiger partial charge is 0.465 e. The summed E-state index contributed by atoms with van der Waals surface area (Å²) >= 11 is 0. The van der Waals surface area contributed by atoms with Gasteiger partial charge in [-0.3, -0.25) is 9.59 Å².